The fourth-order valence-electron chi connectivity index (χ4n) is 3.43. The van der Waals surface area contributed by atoms with Crippen LogP contribution in [-0.2, 0) is 4.79 Å². The van der Waals surface area contributed by atoms with Crippen molar-refractivity contribution in [1.29, 1.82) is 0 Å². The van der Waals surface area contributed by atoms with Crippen LogP contribution in [0.25, 0.3) is 10.9 Å². The molecule has 0 radical (unpaired) electrons. The van der Waals surface area contributed by atoms with Gasteiger partial charge in [-0.15, -0.1) is 0 Å². The molecule has 1 aliphatic rings. The zero-order chi connectivity index (χ0) is 19.3. The first kappa shape index (κ1) is 18.7. The van der Waals surface area contributed by atoms with Crippen LogP contribution in [-0.4, -0.2) is 34.7 Å². The molecule has 1 N–H and O–H groups in total. The fourth-order valence-corrected chi connectivity index (χ4v) is 4.25. The number of amides is 1. The van der Waals surface area contributed by atoms with Crippen molar-refractivity contribution in [2.75, 3.05) is 29.1 Å². The molecule has 1 amide bonds. The van der Waals surface area contributed by atoms with E-state index in [1.807, 2.05) is 55.5 Å². The van der Waals surface area contributed by atoms with Crippen LogP contribution in [0.2, 0.25) is 0 Å². The molecule has 1 fully saturated rings. The number of hydrogen-bond acceptors (Lipinski definition) is 5. The second-order valence-corrected chi connectivity index (χ2v) is 8.06. The van der Waals surface area contributed by atoms with Crippen LogP contribution in [0.5, 0.6) is 0 Å². The molecule has 28 heavy (non-hydrogen) atoms. The smallest absolute Gasteiger partial charge is 0.234 e. The summed E-state index contributed by atoms with van der Waals surface area (Å²) < 4.78 is 0. The van der Waals surface area contributed by atoms with Gasteiger partial charge < -0.3 is 10.2 Å². The quantitative estimate of drug-likeness (QED) is 0.505. The lowest BCUT2D eigenvalue weighted by Crippen LogP contribution is -2.31. The van der Waals surface area contributed by atoms with Crippen LogP contribution in [0.4, 0.5) is 11.6 Å². The molecule has 144 valence electrons. The molecule has 0 spiro atoms. The van der Waals surface area contributed by atoms with E-state index >= 15 is 0 Å². The molecular weight excluding hydrogens is 368 g/mol. The van der Waals surface area contributed by atoms with E-state index in [9.17, 15) is 4.79 Å². The van der Waals surface area contributed by atoms with E-state index in [0.29, 0.717) is 5.75 Å². The molecule has 2 heterocycles. The number of carbonyl (C=O) groups is 1. The molecule has 1 aromatic heterocycles. The van der Waals surface area contributed by atoms with Crippen LogP contribution < -0.4 is 10.2 Å². The molecule has 6 heteroatoms. The molecule has 0 aliphatic carbocycles. The Balaban J connectivity index is 1.52. The van der Waals surface area contributed by atoms with Gasteiger partial charge in [0, 0.05) is 24.2 Å². The molecule has 2 aromatic carbocycles. The van der Waals surface area contributed by atoms with Crippen molar-refractivity contribution in [2.24, 2.45) is 0 Å². The molecule has 5 nitrogen and oxygen atoms in total. The van der Waals surface area contributed by atoms with Gasteiger partial charge in [0.05, 0.1) is 11.3 Å². The van der Waals surface area contributed by atoms with Gasteiger partial charge in [0.15, 0.2) is 0 Å². The van der Waals surface area contributed by atoms with Gasteiger partial charge in [0.2, 0.25) is 11.9 Å². The summed E-state index contributed by atoms with van der Waals surface area (Å²) in [5, 5.41) is 4.83. The number of anilines is 2. The lowest BCUT2D eigenvalue weighted by atomic mass is 10.1. The predicted octanol–water partition coefficient (Wildman–Crippen LogP) is 4.66. The summed E-state index contributed by atoms with van der Waals surface area (Å²) in [4.78, 5) is 24.3. The number of benzene rings is 2. The highest BCUT2D eigenvalue weighted by Gasteiger charge is 2.17. The molecule has 1 aliphatic heterocycles. The summed E-state index contributed by atoms with van der Waals surface area (Å²) in [6.45, 7) is 4.01. The van der Waals surface area contributed by atoms with Crippen LogP contribution in [0.1, 0.15) is 24.8 Å². The maximum absolute atomic E-state index is 12.4. The lowest BCUT2D eigenvalue weighted by Gasteiger charge is -2.27. The number of aryl methyl sites for hydroxylation is 1. The Kier molecular flexibility index (Phi) is 5.76. The number of nitrogens with zero attached hydrogens (tertiary/aromatic N) is 3. The summed E-state index contributed by atoms with van der Waals surface area (Å²) in [5.41, 5.74) is 2.88. The van der Waals surface area contributed by atoms with E-state index in [2.05, 4.69) is 10.2 Å². The lowest BCUT2D eigenvalue weighted by molar-refractivity contribution is -0.113. The second kappa shape index (κ2) is 8.61. The number of aromatic nitrogens is 2. The summed E-state index contributed by atoms with van der Waals surface area (Å²) >= 11 is 1.47. The second-order valence-electron chi connectivity index (χ2n) is 7.10. The van der Waals surface area contributed by atoms with E-state index in [1.165, 1.54) is 31.0 Å². The standard InChI is InChI=1S/C22H24N4OS/c1-16-8-7-9-17(14-16)23-20(27)15-28-21-18-10-3-4-11-19(18)24-22(25-21)26-12-5-2-6-13-26/h3-4,7-11,14H,2,5-6,12-13,15H2,1H3,(H,23,27). The maximum atomic E-state index is 12.4. The number of para-hydroxylation sites is 1. The van der Waals surface area contributed by atoms with Crippen LogP contribution in [0, 0.1) is 6.92 Å². The largest absolute Gasteiger partial charge is 0.341 e. The van der Waals surface area contributed by atoms with E-state index < -0.39 is 0 Å². The first-order chi connectivity index (χ1) is 13.7. The van der Waals surface area contributed by atoms with Gasteiger partial charge in [-0.25, -0.2) is 9.97 Å². The minimum absolute atomic E-state index is 0.0298. The Morgan fingerprint density at radius 2 is 1.89 bits per heavy atom. The monoisotopic (exact) mass is 392 g/mol. The van der Waals surface area contributed by atoms with Gasteiger partial charge in [0.25, 0.3) is 0 Å². The minimum atomic E-state index is -0.0298. The van der Waals surface area contributed by atoms with Crippen molar-refractivity contribution in [3.8, 4) is 0 Å². The third-order valence-corrected chi connectivity index (χ3v) is 5.83. The Labute approximate surface area is 169 Å². The normalized spacial score (nSPS) is 14.2. The molecule has 3 aromatic rings. The SMILES string of the molecule is Cc1cccc(NC(=O)CSc2nc(N3CCCCC3)nc3ccccc23)c1. The Bertz CT molecular complexity index is 985. The van der Waals surface area contributed by atoms with Gasteiger partial charge in [-0.2, -0.15) is 0 Å². The van der Waals surface area contributed by atoms with Gasteiger partial charge in [-0.3, -0.25) is 4.79 Å². The van der Waals surface area contributed by atoms with Crippen molar-refractivity contribution in [2.45, 2.75) is 31.2 Å². The fraction of sp³-hybridized carbons (Fsp3) is 0.318. The highest BCUT2D eigenvalue weighted by molar-refractivity contribution is 8.00. The van der Waals surface area contributed by atoms with Gasteiger partial charge >= 0.3 is 0 Å². The van der Waals surface area contributed by atoms with Gasteiger partial charge in [-0.05, 0) is 49.9 Å². The van der Waals surface area contributed by atoms with Gasteiger partial charge in [-0.1, -0.05) is 42.1 Å². The summed E-state index contributed by atoms with van der Waals surface area (Å²) in [6.07, 6.45) is 3.62. The van der Waals surface area contributed by atoms with Crippen LogP contribution in [0.15, 0.2) is 53.6 Å². The van der Waals surface area contributed by atoms with Crippen molar-refractivity contribution in [3.63, 3.8) is 0 Å². The summed E-state index contributed by atoms with van der Waals surface area (Å²) in [5.74, 6) is 1.06. The Hall–Kier alpha value is -2.60. The number of hydrogen-bond donors (Lipinski definition) is 1. The number of nitrogens with one attached hydrogen (secondary N) is 1. The number of carbonyl (C=O) groups excluding carboxylic acids is 1. The summed E-state index contributed by atoms with van der Waals surface area (Å²) in [7, 11) is 0. The van der Waals surface area contributed by atoms with E-state index in [-0.39, 0.29) is 5.91 Å². The third kappa shape index (κ3) is 4.44. The molecule has 4 rings (SSSR count). The zero-order valence-electron chi connectivity index (χ0n) is 16.0. The summed E-state index contributed by atoms with van der Waals surface area (Å²) in [6, 6.07) is 15.9. The Morgan fingerprint density at radius 1 is 1.07 bits per heavy atom. The van der Waals surface area contributed by atoms with Crippen molar-refractivity contribution < 1.29 is 4.79 Å². The number of fused-ring (bicyclic) bond motifs is 1. The number of piperidine rings is 1. The molecule has 0 unspecified atom stereocenters. The van der Waals surface area contributed by atoms with E-state index in [4.69, 9.17) is 9.97 Å². The molecule has 0 saturated carbocycles. The first-order valence-electron chi connectivity index (χ1n) is 9.70. The predicted molar refractivity (Wildman–Crippen MR) is 116 cm³/mol. The van der Waals surface area contributed by atoms with Crippen molar-refractivity contribution >= 4 is 40.2 Å². The highest BCUT2D eigenvalue weighted by atomic mass is 32.2. The topological polar surface area (TPSA) is 58.1 Å². The average molecular weight is 393 g/mol. The van der Waals surface area contributed by atoms with E-state index in [1.54, 1.807) is 0 Å². The maximum Gasteiger partial charge on any atom is 0.234 e. The molecule has 0 bridgehead atoms. The van der Waals surface area contributed by atoms with Crippen LogP contribution >= 0.6 is 11.8 Å². The molecule has 1 saturated heterocycles. The zero-order valence-corrected chi connectivity index (χ0v) is 16.8. The third-order valence-electron chi connectivity index (χ3n) is 4.84. The number of rotatable bonds is 5. The Morgan fingerprint density at radius 3 is 2.71 bits per heavy atom. The van der Waals surface area contributed by atoms with Crippen molar-refractivity contribution in [3.05, 3.63) is 54.1 Å². The van der Waals surface area contributed by atoms with E-state index in [0.717, 1.165) is 46.2 Å². The van der Waals surface area contributed by atoms with Crippen molar-refractivity contribution in [1.82, 2.24) is 9.97 Å². The molecule has 0 atom stereocenters. The number of thioether (sulfide) groups is 1. The average Bonchev–Trinajstić information content (AvgIpc) is 2.72. The first-order valence-corrected chi connectivity index (χ1v) is 10.7. The highest BCUT2D eigenvalue weighted by Crippen LogP contribution is 2.28. The molecular formula is C22H24N4OS. The van der Waals surface area contributed by atoms with Crippen LogP contribution in [0.3, 0.4) is 0 Å². The minimum Gasteiger partial charge on any atom is -0.341 e. The van der Waals surface area contributed by atoms with Gasteiger partial charge in [0.1, 0.15) is 5.03 Å².